The lowest BCUT2D eigenvalue weighted by Gasteiger charge is -2.07. The number of nitrogen functional groups attached to an aromatic ring is 1. The number of nitrogens with two attached hydrogens (primary N) is 1. The first-order valence-electron chi connectivity index (χ1n) is 5.14. The van der Waals surface area contributed by atoms with Gasteiger partial charge < -0.3 is 15.0 Å². The lowest BCUT2D eigenvalue weighted by Crippen LogP contribution is -1.89. The van der Waals surface area contributed by atoms with Gasteiger partial charge in [-0.3, -0.25) is 0 Å². The van der Waals surface area contributed by atoms with Crippen molar-refractivity contribution in [2.75, 3.05) is 12.8 Å². The molecule has 4 heteroatoms. The van der Waals surface area contributed by atoms with Crippen molar-refractivity contribution in [2.24, 2.45) is 0 Å². The molecular formula is C12H14N2O2. The average molecular weight is 218 g/mol. The molecule has 1 aromatic carbocycles. The third-order valence-electron chi connectivity index (χ3n) is 2.47. The van der Waals surface area contributed by atoms with Crippen molar-refractivity contribution in [3.8, 4) is 17.1 Å². The molecule has 1 heterocycles. The number of aromatic nitrogens is 1. The van der Waals surface area contributed by atoms with Crippen LogP contribution in [0.2, 0.25) is 0 Å². The molecule has 0 spiro atoms. The average Bonchev–Trinajstić information content (AvgIpc) is 2.75. The summed E-state index contributed by atoms with van der Waals surface area (Å²) in [5, 5.41) is 3.67. The topological polar surface area (TPSA) is 61.3 Å². The van der Waals surface area contributed by atoms with Crippen molar-refractivity contribution < 1.29 is 9.26 Å². The fraction of sp³-hybridized carbons (Fsp3) is 0.250. The minimum atomic E-state index is 0.374. The minimum Gasteiger partial charge on any atom is -0.496 e. The summed E-state index contributed by atoms with van der Waals surface area (Å²) < 4.78 is 10.4. The number of rotatable bonds is 3. The third-order valence-corrected chi connectivity index (χ3v) is 2.47. The SMILES string of the molecule is CCc1ccc(OC)c(-c2cc(N)no2)c1. The van der Waals surface area contributed by atoms with Gasteiger partial charge in [-0.25, -0.2) is 0 Å². The Balaban J connectivity index is 2.52. The highest BCUT2D eigenvalue weighted by Gasteiger charge is 2.11. The Bertz CT molecular complexity index is 492. The maximum absolute atomic E-state index is 5.53. The highest BCUT2D eigenvalue weighted by atomic mass is 16.5. The van der Waals surface area contributed by atoms with Crippen LogP contribution in [0.4, 0.5) is 5.82 Å². The number of aryl methyl sites for hydroxylation is 1. The number of anilines is 1. The van der Waals surface area contributed by atoms with Gasteiger partial charge in [0.15, 0.2) is 11.6 Å². The van der Waals surface area contributed by atoms with Crippen molar-refractivity contribution in [1.82, 2.24) is 5.16 Å². The lowest BCUT2D eigenvalue weighted by atomic mass is 10.1. The normalized spacial score (nSPS) is 10.4. The van der Waals surface area contributed by atoms with Crippen LogP contribution in [0.15, 0.2) is 28.8 Å². The summed E-state index contributed by atoms with van der Waals surface area (Å²) in [6, 6.07) is 7.67. The smallest absolute Gasteiger partial charge is 0.172 e. The number of hydrogen-bond donors (Lipinski definition) is 1. The molecule has 0 aliphatic heterocycles. The van der Waals surface area contributed by atoms with Gasteiger partial charge in [0.2, 0.25) is 0 Å². The Morgan fingerprint density at radius 2 is 2.19 bits per heavy atom. The number of hydrogen-bond acceptors (Lipinski definition) is 4. The van der Waals surface area contributed by atoms with Crippen molar-refractivity contribution in [3.63, 3.8) is 0 Å². The minimum absolute atomic E-state index is 0.374. The van der Waals surface area contributed by atoms with Gasteiger partial charge in [0.05, 0.1) is 12.7 Å². The van der Waals surface area contributed by atoms with E-state index in [1.165, 1.54) is 5.56 Å². The van der Waals surface area contributed by atoms with E-state index in [1.807, 2.05) is 18.2 Å². The predicted molar refractivity (Wildman–Crippen MR) is 62.3 cm³/mol. The zero-order valence-corrected chi connectivity index (χ0v) is 9.36. The molecule has 0 saturated heterocycles. The summed E-state index contributed by atoms with van der Waals surface area (Å²) in [5.41, 5.74) is 7.63. The van der Waals surface area contributed by atoms with E-state index in [0.29, 0.717) is 11.6 Å². The van der Waals surface area contributed by atoms with Crippen LogP contribution < -0.4 is 10.5 Å². The standard InChI is InChI=1S/C12H14N2O2/c1-3-8-4-5-10(15-2)9(6-8)11-7-12(13)14-16-11/h4-7H,3H2,1-2H3,(H2,13,14). The third kappa shape index (κ3) is 1.86. The summed E-state index contributed by atoms with van der Waals surface area (Å²) in [6.07, 6.45) is 0.959. The van der Waals surface area contributed by atoms with E-state index in [4.69, 9.17) is 15.0 Å². The molecule has 16 heavy (non-hydrogen) atoms. The molecule has 0 bridgehead atoms. The Morgan fingerprint density at radius 1 is 1.38 bits per heavy atom. The molecule has 2 aromatic rings. The molecule has 0 aliphatic rings. The second-order valence-electron chi connectivity index (χ2n) is 3.50. The summed E-state index contributed by atoms with van der Waals surface area (Å²) >= 11 is 0. The fourth-order valence-electron chi connectivity index (χ4n) is 1.58. The maximum Gasteiger partial charge on any atom is 0.172 e. The van der Waals surface area contributed by atoms with E-state index in [2.05, 4.69) is 12.1 Å². The van der Waals surface area contributed by atoms with Crippen molar-refractivity contribution in [1.29, 1.82) is 0 Å². The van der Waals surface area contributed by atoms with E-state index in [0.717, 1.165) is 17.7 Å². The van der Waals surface area contributed by atoms with Crippen molar-refractivity contribution in [2.45, 2.75) is 13.3 Å². The fourth-order valence-corrected chi connectivity index (χ4v) is 1.58. The van der Waals surface area contributed by atoms with Gasteiger partial charge >= 0.3 is 0 Å². The highest BCUT2D eigenvalue weighted by Crippen LogP contribution is 2.31. The molecule has 1 aromatic heterocycles. The quantitative estimate of drug-likeness (QED) is 0.859. The zero-order chi connectivity index (χ0) is 11.5. The van der Waals surface area contributed by atoms with Gasteiger partial charge in [0.1, 0.15) is 5.75 Å². The van der Waals surface area contributed by atoms with Gasteiger partial charge in [-0.15, -0.1) is 0 Å². The van der Waals surface area contributed by atoms with Crippen molar-refractivity contribution in [3.05, 3.63) is 29.8 Å². The zero-order valence-electron chi connectivity index (χ0n) is 9.36. The molecule has 0 amide bonds. The van der Waals surface area contributed by atoms with Gasteiger partial charge in [0, 0.05) is 6.07 Å². The van der Waals surface area contributed by atoms with Gasteiger partial charge in [0.25, 0.3) is 0 Å². The molecule has 84 valence electrons. The molecule has 2 N–H and O–H groups in total. The largest absolute Gasteiger partial charge is 0.496 e. The van der Waals surface area contributed by atoms with Crippen LogP contribution in [0.1, 0.15) is 12.5 Å². The van der Waals surface area contributed by atoms with E-state index < -0.39 is 0 Å². The Morgan fingerprint density at radius 3 is 2.75 bits per heavy atom. The van der Waals surface area contributed by atoms with Crippen LogP contribution in [0.5, 0.6) is 5.75 Å². The first kappa shape index (κ1) is 10.5. The Hall–Kier alpha value is -1.97. The van der Waals surface area contributed by atoms with Gasteiger partial charge in [-0.05, 0) is 24.1 Å². The second kappa shape index (κ2) is 4.26. The highest BCUT2D eigenvalue weighted by molar-refractivity contribution is 5.68. The summed E-state index contributed by atoms with van der Waals surface area (Å²) in [5.74, 6) is 1.76. The predicted octanol–water partition coefficient (Wildman–Crippen LogP) is 2.49. The maximum atomic E-state index is 5.53. The summed E-state index contributed by atoms with van der Waals surface area (Å²) in [4.78, 5) is 0. The molecule has 0 unspecified atom stereocenters. The molecule has 2 rings (SSSR count). The van der Waals surface area contributed by atoms with Crippen LogP contribution in [-0.4, -0.2) is 12.3 Å². The Labute approximate surface area is 94.0 Å². The molecule has 0 fully saturated rings. The number of benzene rings is 1. The van der Waals surface area contributed by atoms with Gasteiger partial charge in [-0.1, -0.05) is 18.1 Å². The Kier molecular flexibility index (Phi) is 2.81. The molecule has 0 saturated carbocycles. The monoisotopic (exact) mass is 218 g/mol. The van der Waals surface area contributed by atoms with E-state index >= 15 is 0 Å². The van der Waals surface area contributed by atoms with E-state index in [-0.39, 0.29) is 0 Å². The van der Waals surface area contributed by atoms with Crippen LogP contribution in [-0.2, 0) is 6.42 Å². The van der Waals surface area contributed by atoms with Crippen molar-refractivity contribution >= 4 is 5.82 Å². The molecule has 4 nitrogen and oxygen atoms in total. The van der Waals surface area contributed by atoms with Crippen LogP contribution in [0.3, 0.4) is 0 Å². The summed E-state index contributed by atoms with van der Waals surface area (Å²) in [6.45, 7) is 2.10. The van der Waals surface area contributed by atoms with Gasteiger partial charge in [-0.2, -0.15) is 0 Å². The first-order chi connectivity index (χ1) is 7.74. The molecular weight excluding hydrogens is 204 g/mol. The molecule has 0 atom stereocenters. The van der Waals surface area contributed by atoms with E-state index in [1.54, 1.807) is 13.2 Å². The van der Waals surface area contributed by atoms with Crippen LogP contribution >= 0.6 is 0 Å². The van der Waals surface area contributed by atoms with Crippen LogP contribution in [0.25, 0.3) is 11.3 Å². The number of methoxy groups -OCH3 is 1. The molecule has 0 aliphatic carbocycles. The summed E-state index contributed by atoms with van der Waals surface area (Å²) in [7, 11) is 1.63. The lowest BCUT2D eigenvalue weighted by molar-refractivity contribution is 0.407. The first-order valence-corrected chi connectivity index (χ1v) is 5.14. The molecule has 0 radical (unpaired) electrons. The second-order valence-corrected chi connectivity index (χ2v) is 3.50. The number of ether oxygens (including phenoxy) is 1. The number of nitrogens with zero attached hydrogens (tertiary/aromatic N) is 1. The van der Waals surface area contributed by atoms with E-state index in [9.17, 15) is 0 Å². The van der Waals surface area contributed by atoms with Crippen LogP contribution in [0, 0.1) is 0 Å².